The second-order valence-corrected chi connectivity index (χ2v) is 6.21. The molecule has 0 heterocycles. The monoisotopic (exact) mass is 356 g/mol. The van der Waals surface area contributed by atoms with Crippen LogP contribution in [0.25, 0.3) is 0 Å². The fourth-order valence-corrected chi connectivity index (χ4v) is 2.71. The Hall–Kier alpha value is -3.58. The minimum atomic E-state index is -0.664. The molecule has 3 rings (SSSR count). The molecule has 3 aromatic rings. The molecule has 0 aliphatic heterocycles. The van der Waals surface area contributed by atoms with E-state index in [0.29, 0.717) is 11.3 Å². The Morgan fingerprint density at radius 3 is 2.37 bits per heavy atom. The molecule has 0 aliphatic carbocycles. The number of amides is 1. The Kier molecular flexibility index (Phi) is 5.86. The van der Waals surface area contributed by atoms with E-state index >= 15 is 0 Å². The molecule has 0 aromatic heterocycles. The van der Waals surface area contributed by atoms with Gasteiger partial charge in [-0.15, -0.1) is 0 Å². The predicted molar refractivity (Wildman–Crippen MR) is 106 cm³/mol. The van der Waals surface area contributed by atoms with Crippen molar-refractivity contribution in [2.75, 3.05) is 5.32 Å². The van der Waals surface area contributed by atoms with E-state index in [-0.39, 0.29) is 5.91 Å². The summed E-state index contributed by atoms with van der Waals surface area (Å²) >= 11 is 0. The average Bonchev–Trinajstić information content (AvgIpc) is 2.71. The number of nitriles is 1. The number of ether oxygens (including phenoxy) is 1. The van der Waals surface area contributed by atoms with Crippen LogP contribution >= 0.6 is 0 Å². The first-order valence-electron chi connectivity index (χ1n) is 8.75. The number of hydrogen-bond donors (Lipinski definition) is 1. The second-order valence-electron chi connectivity index (χ2n) is 6.21. The van der Waals surface area contributed by atoms with E-state index in [4.69, 9.17) is 10.00 Å². The van der Waals surface area contributed by atoms with Crippen molar-refractivity contribution in [2.24, 2.45) is 0 Å². The Balaban J connectivity index is 1.67. The van der Waals surface area contributed by atoms with E-state index in [1.54, 1.807) is 31.2 Å². The van der Waals surface area contributed by atoms with E-state index in [0.717, 1.165) is 17.7 Å². The Morgan fingerprint density at radius 1 is 1.00 bits per heavy atom. The SMILES string of the molecule is CC(Oc1ccc(C#N)cc1)C(=O)Nc1ccccc1Cc1ccccc1. The quantitative estimate of drug-likeness (QED) is 0.704. The normalized spacial score (nSPS) is 11.3. The zero-order chi connectivity index (χ0) is 19.1. The van der Waals surface area contributed by atoms with Gasteiger partial charge in [-0.3, -0.25) is 4.79 Å². The molecule has 4 heteroatoms. The highest BCUT2D eigenvalue weighted by molar-refractivity contribution is 5.94. The summed E-state index contributed by atoms with van der Waals surface area (Å²) in [7, 11) is 0. The summed E-state index contributed by atoms with van der Waals surface area (Å²) in [6, 6.07) is 26.6. The second kappa shape index (κ2) is 8.68. The largest absolute Gasteiger partial charge is 0.481 e. The third kappa shape index (κ3) is 4.96. The van der Waals surface area contributed by atoms with Gasteiger partial charge in [-0.25, -0.2) is 0 Å². The van der Waals surface area contributed by atoms with Crippen LogP contribution < -0.4 is 10.1 Å². The van der Waals surface area contributed by atoms with Crippen LogP contribution in [0.1, 0.15) is 23.6 Å². The van der Waals surface area contributed by atoms with Crippen LogP contribution in [0.2, 0.25) is 0 Å². The van der Waals surface area contributed by atoms with Gasteiger partial charge >= 0.3 is 0 Å². The summed E-state index contributed by atoms with van der Waals surface area (Å²) in [5.41, 5.74) is 3.56. The maximum Gasteiger partial charge on any atom is 0.265 e. The maximum absolute atomic E-state index is 12.6. The Labute approximate surface area is 159 Å². The van der Waals surface area contributed by atoms with Gasteiger partial charge in [0.05, 0.1) is 11.6 Å². The van der Waals surface area contributed by atoms with Gasteiger partial charge in [0.15, 0.2) is 6.10 Å². The van der Waals surface area contributed by atoms with E-state index in [9.17, 15) is 4.79 Å². The Morgan fingerprint density at radius 2 is 1.67 bits per heavy atom. The number of carbonyl (C=O) groups excluding carboxylic acids is 1. The van der Waals surface area contributed by atoms with E-state index in [1.165, 1.54) is 5.56 Å². The summed E-state index contributed by atoms with van der Waals surface area (Å²) in [5.74, 6) is 0.328. The smallest absolute Gasteiger partial charge is 0.265 e. The lowest BCUT2D eigenvalue weighted by molar-refractivity contribution is -0.122. The van der Waals surface area contributed by atoms with Crippen LogP contribution in [0.3, 0.4) is 0 Å². The number of benzene rings is 3. The number of carbonyl (C=O) groups is 1. The summed E-state index contributed by atoms with van der Waals surface area (Å²) in [5, 5.41) is 11.8. The predicted octanol–water partition coefficient (Wildman–Crippen LogP) is 4.56. The maximum atomic E-state index is 12.6. The third-order valence-corrected chi connectivity index (χ3v) is 4.18. The highest BCUT2D eigenvalue weighted by Gasteiger charge is 2.16. The molecule has 0 aliphatic rings. The fraction of sp³-hybridized carbons (Fsp3) is 0.130. The van der Waals surface area contributed by atoms with E-state index in [2.05, 4.69) is 23.5 Å². The van der Waals surface area contributed by atoms with Gasteiger partial charge in [-0.05, 0) is 54.8 Å². The highest BCUT2D eigenvalue weighted by Crippen LogP contribution is 2.20. The zero-order valence-corrected chi connectivity index (χ0v) is 15.1. The van der Waals surface area contributed by atoms with Crippen LogP contribution in [0.15, 0.2) is 78.9 Å². The molecule has 4 nitrogen and oxygen atoms in total. The molecule has 27 heavy (non-hydrogen) atoms. The van der Waals surface area contributed by atoms with Crippen molar-refractivity contribution < 1.29 is 9.53 Å². The minimum absolute atomic E-state index is 0.222. The first-order chi connectivity index (χ1) is 13.2. The summed E-state index contributed by atoms with van der Waals surface area (Å²) < 4.78 is 5.68. The molecule has 0 radical (unpaired) electrons. The van der Waals surface area contributed by atoms with Crippen LogP contribution in [-0.2, 0) is 11.2 Å². The van der Waals surface area contributed by atoms with E-state index < -0.39 is 6.10 Å². The lowest BCUT2D eigenvalue weighted by Gasteiger charge is -2.16. The molecule has 1 amide bonds. The number of para-hydroxylation sites is 1. The Bertz CT molecular complexity index is 944. The van der Waals surface area contributed by atoms with Gasteiger partial charge in [0.1, 0.15) is 5.75 Å². The molecule has 0 bridgehead atoms. The van der Waals surface area contributed by atoms with Crippen LogP contribution in [0, 0.1) is 11.3 Å². The number of anilines is 1. The molecule has 0 saturated carbocycles. The van der Waals surface area contributed by atoms with E-state index in [1.807, 2.05) is 42.5 Å². The summed E-state index contributed by atoms with van der Waals surface area (Å²) in [6.45, 7) is 1.70. The molecule has 1 unspecified atom stereocenters. The van der Waals surface area contributed by atoms with Crippen molar-refractivity contribution in [3.63, 3.8) is 0 Å². The van der Waals surface area contributed by atoms with Gasteiger partial charge in [-0.2, -0.15) is 5.26 Å². The number of hydrogen-bond acceptors (Lipinski definition) is 3. The molecule has 134 valence electrons. The molecule has 0 saturated heterocycles. The number of nitrogens with zero attached hydrogens (tertiary/aromatic N) is 1. The van der Waals surface area contributed by atoms with Gasteiger partial charge in [0, 0.05) is 5.69 Å². The van der Waals surface area contributed by atoms with Crippen molar-refractivity contribution in [1.82, 2.24) is 0 Å². The zero-order valence-electron chi connectivity index (χ0n) is 15.1. The number of nitrogens with one attached hydrogen (secondary N) is 1. The van der Waals surface area contributed by atoms with Crippen molar-refractivity contribution in [2.45, 2.75) is 19.4 Å². The molecular formula is C23H20N2O2. The van der Waals surface area contributed by atoms with Crippen molar-refractivity contribution in [1.29, 1.82) is 5.26 Å². The minimum Gasteiger partial charge on any atom is -0.481 e. The molecule has 0 fully saturated rings. The van der Waals surface area contributed by atoms with Crippen molar-refractivity contribution >= 4 is 11.6 Å². The van der Waals surface area contributed by atoms with Crippen LogP contribution in [-0.4, -0.2) is 12.0 Å². The lowest BCUT2D eigenvalue weighted by Crippen LogP contribution is -2.30. The van der Waals surface area contributed by atoms with Crippen LogP contribution in [0.5, 0.6) is 5.75 Å². The standard InChI is InChI=1S/C23H20N2O2/c1-17(27-21-13-11-19(16-24)12-14-21)23(26)25-22-10-6-5-9-20(22)15-18-7-3-2-4-8-18/h2-14,17H,15H2,1H3,(H,25,26). The first-order valence-corrected chi connectivity index (χ1v) is 8.75. The molecule has 3 aromatic carbocycles. The van der Waals surface area contributed by atoms with Gasteiger partial charge < -0.3 is 10.1 Å². The van der Waals surface area contributed by atoms with Gasteiger partial charge in [0.2, 0.25) is 0 Å². The molecule has 1 N–H and O–H groups in total. The molecule has 1 atom stereocenters. The summed E-state index contributed by atoms with van der Waals surface area (Å²) in [6.07, 6.45) is 0.0741. The fourth-order valence-electron chi connectivity index (χ4n) is 2.71. The van der Waals surface area contributed by atoms with Gasteiger partial charge in [-0.1, -0.05) is 48.5 Å². The first kappa shape index (κ1) is 18.2. The third-order valence-electron chi connectivity index (χ3n) is 4.18. The molecular weight excluding hydrogens is 336 g/mol. The molecule has 0 spiro atoms. The van der Waals surface area contributed by atoms with Crippen LogP contribution in [0.4, 0.5) is 5.69 Å². The van der Waals surface area contributed by atoms with Crippen molar-refractivity contribution in [3.8, 4) is 11.8 Å². The highest BCUT2D eigenvalue weighted by atomic mass is 16.5. The number of rotatable bonds is 6. The lowest BCUT2D eigenvalue weighted by atomic mass is 10.0. The topological polar surface area (TPSA) is 62.1 Å². The van der Waals surface area contributed by atoms with Gasteiger partial charge in [0.25, 0.3) is 5.91 Å². The van der Waals surface area contributed by atoms with Crippen molar-refractivity contribution in [3.05, 3.63) is 95.6 Å². The summed E-state index contributed by atoms with van der Waals surface area (Å²) in [4.78, 5) is 12.6. The average molecular weight is 356 g/mol.